The quantitative estimate of drug-likeness (QED) is 0.754. The Kier molecular flexibility index (Phi) is 1.63. The average molecular weight is 196 g/mol. The number of rotatable bonds is 1. The molecular weight excluding hydrogens is 188 g/mol. The molecule has 0 radical (unpaired) electrons. The van der Waals surface area contributed by atoms with Gasteiger partial charge in [0.25, 0.3) is 0 Å². The van der Waals surface area contributed by atoms with Gasteiger partial charge in [0.2, 0.25) is 0 Å². The fraction of sp³-hybridized carbons (Fsp3) is 0.250. The average Bonchev–Trinajstić information content (AvgIpc) is 2.55. The van der Waals surface area contributed by atoms with E-state index in [4.69, 9.17) is 5.11 Å². The van der Waals surface area contributed by atoms with Crippen LogP contribution in [0.5, 0.6) is 0 Å². The van der Waals surface area contributed by atoms with Crippen LogP contribution in [-0.4, -0.2) is 20.6 Å². The van der Waals surface area contributed by atoms with Crippen LogP contribution in [0.1, 0.15) is 15.5 Å². The number of aromatic nitrogens is 2. The van der Waals surface area contributed by atoms with Gasteiger partial charge < -0.3 is 9.67 Å². The summed E-state index contributed by atoms with van der Waals surface area (Å²) in [6.45, 7) is 1.90. The van der Waals surface area contributed by atoms with Gasteiger partial charge in [-0.1, -0.05) is 0 Å². The first-order chi connectivity index (χ1) is 6.09. The van der Waals surface area contributed by atoms with Crippen LogP contribution in [0.4, 0.5) is 0 Å². The molecule has 4 nitrogen and oxygen atoms in total. The van der Waals surface area contributed by atoms with E-state index in [0.29, 0.717) is 4.88 Å². The first kappa shape index (κ1) is 8.25. The highest BCUT2D eigenvalue weighted by Gasteiger charge is 2.12. The molecule has 0 saturated carbocycles. The van der Waals surface area contributed by atoms with E-state index in [1.54, 1.807) is 6.07 Å². The lowest BCUT2D eigenvalue weighted by atomic mass is 10.4. The minimum Gasteiger partial charge on any atom is -0.477 e. The van der Waals surface area contributed by atoms with E-state index in [9.17, 15) is 4.79 Å². The summed E-state index contributed by atoms with van der Waals surface area (Å²) in [5.41, 5.74) is 0.766. The molecule has 0 unspecified atom stereocenters. The van der Waals surface area contributed by atoms with Crippen molar-refractivity contribution < 1.29 is 9.90 Å². The van der Waals surface area contributed by atoms with Crippen LogP contribution < -0.4 is 0 Å². The van der Waals surface area contributed by atoms with E-state index in [0.717, 1.165) is 16.2 Å². The van der Waals surface area contributed by atoms with Crippen molar-refractivity contribution in [3.05, 3.63) is 16.8 Å². The smallest absolute Gasteiger partial charge is 0.346 e. The number of aromatic carboxylic acids is 1. The van der Waals surface area contributed by atoms with Gasteiger partial charge in [-0.15, -0.1) is 11.3 Å². The Morgan fingerprint density at radius 3 is 2.92 bits per heavy atom. The minimum atomic E-state index is -0.888. The van der Waals surface area contributed by atoms with Crippen LogP contribution in [0.25, 0.3) is 10.3 Å². The molecule has 2 aromatic rings. The van der Waals surface area contributed by atoms with E-state index in [1.165, 1.54) is 11.3 Å². The Labute approximate surface area is 78.4 Å². The Hall–Kier alpha value is -1.36. The third kappa shape index (κ3) is 1.12. The zero-order valence-electron chi connectivity index (χ0n) is 7.24. The SMILES string of the molecule is Cc1nc2cc(C(=O)O)sc2n1C. The maximum atomic E-state index is 10.6. The second-order valence-electron chi connectivity index (χ2n) is 2.82. The normalized spacial score (nSPS) is 10.9. The third-order valence-corrected chi connectivity index (χ3v) is 3.17. The lowest BCUT2D eigenvalue weighted by Crippen LogP contribution is -1.92. The number of nitrogens with zero attached hydrogens (tertiary/aromatic N) is 2. The number of carboxylic acids is 1. The molecule has 1 N–H and O–H groups in total. The van der Waals surface area contributed by atoms with Crippen molar-refractivity contribution in [1.29, 1.82) is 0 Å². The summed E-state index contributed by atoms with van der Waals surface area (Å²) in [6.07, 6.45) is 0. The molecule has 68 valence electrons. The molecule has 5 heteroatoms. The zero-order valence-corrected chi connectivity index (χ0v) is 8.05. The number of thiophene rings is 1. The highest BCUT2D eigenvalue weighted by molar-refractivity contribution is 7.20. The maximum Gasteiger partial charge on any atom is 0.346 e. The zero-order chi connectivity index (χ0) is 9.59. The fourth-order valence-electron chi connectivity index (χ4n) is 1.19. The lowest BCUT2D eigenvalue weighted by molar-refractivity contribution is 0.0702. The highest BCUT2D eigenvalue weighted by atomic mass is 32.1. The summed E-state index contributed by atoms with van der Waals surface area (Å²) < 4.78 is 1.90. The molecule has 0 saturated heterocycles. The molecule has 0 fully saturated rings. The molecule has 0 aliphatic rings. The molecule has 0 bridgehead atoms. The molecule has 0 atom stereocenters. The van der Waals surface area contributed by atoms with Gasteiger partial charge in [0.15, 0.2) is 0 Å². The summed E-state index contributed by atoms with van der Waals surface area (Å²) in [6, 6.07) is 1.61. The number of carboxylic acid groups (broad SMARTS) is 1. The van der Waals surface area contributed by atoms with Gasteiger partial charge in [0, 0.05) is 7.05 Å². The van der Waals surface area contributed by atoms with Gasteiger partial charge in [0.1, 0.15) is 21.0 Å². The van der Waals surface area contributed by atoms with E-state index < -0.39 is 5.97 Å². The number of hydrogen-bond acceptors (Lipinski definition) is 3. The number of hydrogen-bond donors (Lipinski definition) is 1. The van der Waals surface area contributed by atoms with E-state index in [-0.39, 0.29) is 0 Å². The summed E-state index contributed by atoms with van der Waals surface area (Å²) in [5, 5.41) is 8.74. The number of carbonyl (C=O) groups is 1. The van der Waals surface area contributed by atoms with Crippen molar-refractivity contribution in [2.45, 2.75) is 6.92 Å². The van der Waals surface area contributed by atoms with Crippen molar-refractivity contribution in [1.82, 2.24) is 9.55 Å². The minimum absolute atomic E-state index is 0.341. The van der Waals surface area contributed by atoms with Gasteiger partial charge in [0.05, 0.1) is 0 Å². The molecule has 0 spiro atoms. The van der Waals surface area contributed by atoms with Crippen LogP contribution in [0.3, 0.4) is 0 Å². The van der Waals surface area contributed by atoms with Crippen molar-refractivity contribution >= 4 is 27.7 Å². The largest absolute Gasteiger partial charge is 0.477 e. The standard InChI is InChI=1S/C8H8N2O2S/c1-4-9-5-3-6(8(11)12)13-7(5)10(4)2/h3H,1-2H3,(H,11,12). The first-order valence-electron chi connectivity index (χ1n) is 3.75. The van der Waals surface area contributed by atoms with Crippen LogP contribution in [0.2, 0.25) is 0 Å². The molecule has 0 aliphatic heterocycles. The van der Waals surface area contributed by atoms with E-state index >= 15 is 0 Å². The van der Waals surface area contributed by atoms with Crippen LogP contribution in [0.15, 0.2) is 6.07 Å². The second kappa shape index (κ2) is 2.56. The Morgan fingerprint density at radius 2 is 2.38 bits per heavy atom. The summed E-state index contributed by atoms with van der Waals surface area (Å²) in [5.74, 6) is 0.0128. The molecule has 2 heterocycles. The van der Waals surface area contributed by atoms with Crippen LogP contribution >= 0.6 is 11.3 Å². The Balaban J connectivity index is 2.72. The lowest BCUT2D eigenvalue weighted by Gasteiger charge is -1.92. The van der Waals surface area contributed by atoms with Gasteiger partial charge in [-0.25, -0.2) is 9.78 Å². The molecule has 0 aromatic carbocycles. The predicted molar refractivity (Wildman–Crippen MR) is 50.3 cm³/mol. The molecular formula is C8H8N2O2S. The molecule has 2 aromatic heterocycles. The van der Waals surface area contributed by atoms with Gasteiger partial charge in [-0.3, -0.25) is 0 Å². The van der Waals surface area contributed by atoms with Crippen molar-refractivity contribution in [3.63, 3.8) is 0 Å². The highest BCUT2D eigenvalue weighted by Crippen LogP contribution is 2.25. The van der Waals surface area contributed by atoms with Crippen molar-refractivity contribution in [2.24, 2.45) is 7.05 Å². The van der Waals surface area contributed by atoms with Gasteiger partial charge in [-0.2, -0.15) is 0 Å². The van der Waals surface area contributed by atoms with Crippen molar-refractivity contribution in [2.75, 3.05) is 0 Å². The summed E-state index contributed by atoms with van der Waals surface area (Å²) in [7, 11) is 1.88. The number of imidazole rings is 1. The fourth-order valence-corrected chi connectivity index (χ4v) is 2.14. The third-order valence-electron chi connectivity index (χ3n) is 1.98. The predicted octanol–water partition coefficient (Wildman–Crippen LogP) is 1.64. The molecule has 0 amide bonds. The van der Waals surface area contributed by atoms with E-state index in [2.05, 4.69) is 4.98 Å². The molecule has 13 heavy (non-hydrogen) atoms. The number of aryl methyl sites for hydroxylation is 2. The molecule has 2 rings (SSSR count). The van der Waals surface area contributed by atoms with Gasteiger partial charge in [-0.05, 0) is 13.0 Å². The Bertz CT molecular complexity index is 484. The topological polar surface area (TPSA) is 55.1 Å². The first-order valence-corrected chi connectivity index (χ1v) is 4.57. The van der Waals surface area contributed by atoms with Crippen LogP contribution in [0, 0.1) is 6.92 Å². The monoisotopic (exact) mass is 196 g/mol. The second-order valence-corrected chi connectivity index (χ2v) is 3.85. The number of fused-ring (bicyclic) bond motifs is 1. The van der Waals surface area contributed by atoms with Crippen molar-refractivity contribution in [3.8, 4) is 0 Å². The molecule has 0 aliphatic carbocycles. The summed E-state index contributed by atoms with van der Waals surface area (Å²) >= 11 is 1.25. The van der Waals surface area contributed by atoms with Crippen LogP contribution in [-0.2, 0) is 7.05 Å². The maximum absolute atomic E-state index is 10.6. The summed E-state index contributed by atoms with van der Waals surface area (Å²) in [4.78, 5) is 16.1. The van der Waals surface area contributed by atoms with E-state index in [1.807, 2.05) is 18.5 Å². The van der Waals surface area contributed by atoms with Gasteiger partial charge >= 0.3 is 5.97 Å². The Morgan fingerprint density at radius 1 is 1.69 bits per heavy atom.